The van der Waals surface area contributed by atoms with Crippen LogP contribution in [-0.2, 0) is 22.4 Å². The molecule has 2 aromatic rings. The number of nitrogens with zero attached hydrogens (tertiary/aromatic N) is 1. The van der Waals surface area contributed by atoms with E-state index in [0.29, 0.717) is 19.4 Å². The van der Waals surface area contributed by atoms with Crippen LogP contribution in [0.15, 0.2) is 48.5 Å². The fraction of sp³-hybridized carbons (Fsp3) is 0.263. The number of fused-ring (bicyclic) bond motifs is 1. The Kier molecular flexibility index (Phi) is 6.56. The number of halogens is 1. The maximum Gasteiger partial charge on any atom is 0.231 e. The van der Waals surface area contributed by atoms with Crippen molar-refractivity contribution in [1.29, 1.82) is 0 Å². The number of para-hydroxylation sites is 1. The van der Waals surface area contributed by atoms with E-state index in [-0.39, 0.29) is 24.2 Å². The smallest absolute Gasteiger partial charge is 0.231 e. The van der Waals surface area contributed by atoms with Crippen LogP contribution in [-0.4, -0.2) is 24.9 Å². The maximum atomic E-state index is 12.6. The van der Waals surface area contributed by atoms with Crippen molar-refractivity contribution in [2.75, 3.05) is 23.3 Å². The fourth-order valence-electron chi connectivity index (χ4n) is 2.93. The minimum atomic E-state index is -0.102. The lowest BCUT2D eigenvalue weighted by Gasteiger charge is -2.17. The van der Waals surface area contributed by atoms with Gasteiger partial charge in [0.1, 0.15) is 0 Å². The lowest BCUT2D eigenvalue weighted by Crippen LogP contribution is -2.30. The van der Waals surface area contributed by atoms with E-state index < -0.39 is 0 Å². The highest BCUT2D eigenvalue weighted by Gasteiger charge is 2.23. The van der Waals surface area contributed by atoms with Crippen LogP contribution in [0.4, 0.5) is 11.4 Å². The number of carbonyl (C=O) groups is 2. The second kappa shape index (κ2) is 8.65. The zero-order chi connectivity index (χ0) is 16.9. The number of hydrogen-bond donors (Lipinski definition) is 2. The van der Waals surface area contributed by atoms with E-state index in [1.165, 1.54) is 5.56 Å². The van der Waals surface area contributed by atoms with Gasteiger partial charge in [0.05, 0.1) is 6.42 Å². The van der Waals surface area contributed by atoms with Crippen LogP contribution < -0.4 is 16.0 Å². The van der Waals surface area contributed by atoms with Crippen LogP contribution in [0.5, 0.6) is 0 Å². The topological polar surface area (TPSA) is 75.4 Å². The van der Waals surface area contributed by atoms with E-state index in [1.54, 1.807) is 0 Å². The number of anilines is 2. The van der Waals surface area contributed by atoms with Crippen LogP contribution in [0.2, 0.25) is 0 Å². The molecule has 0 atom stereocenters. The third-order valence-corrected chi connectivity index (χ3v) is 4.15. The molecule has 25 heavy (non-hydrogen) atoms. The molecule has 132 valence electrons. The maximum absolute atomic E-state index is 12.6. The summed E-state index contributed by atoms with van der Waals surface area (Å²) < 4.78 is 0. The highest BCUT2D eigenvalue weighted by molar-refractivity contribution is 5.97. The number of amides is 2. The third-order valence-electron chi connectivity index (χ3n) is 4.15. The van der Waals surface area contributed by atoms with Crippen molar-refractivity contribution in [2.45, 2.75) is 19.3 Å². The molecular formula is C19H22ClN3O2. The summed E-state index contributed by atoms with van der Waals surface area (Å²) in [7, 11) is 0. The molecule has 0 aromatic heterocycles. The first-order valence-corrected chi connectivity index (χ1v) is 8.14. The van der Waals surface area contributed by atoms with Crippen LogP contribution >= 0.6 is 12.4 Å². The lowest BCUT2D eigenvalue weighted by molar-refractivity contribution is -0.118. The van der Waals surface area contributed by atoms with Gasteiger partial charge in [-0.25, -0.2) is 0 Å². The molecule has 6 heteroatoms. The predicted octanol–water partition coefficient (Wildman–Crippen LogP) is 2.53. The van der Waals surface area contributed by atoms with Crippen molar-refractivity contribution in [3.8, 4) is 0 Å². The first-order valence-electron chi connectivity index (χ1n) is 8.14. The standard InChI is InChI=1S/C19H21N3O2.ClH/c20-11-9-18(23)21-16-7-5-14(6-8-16)13-19(24)22-12-10-15-3-1-2-4-17(15)22;/h1-8H,9-13,20H2,(H,21,23);1H. The molecule has 2 amide bonds. The Labute approximate surface area is 153 Å². The molecule has 0 saturated heterocycles. The van der Waals surface area contributed by atoms with Crippen molar-refractivity contribution < 1.29 is 9.59 Å². The highest BCUT2D eigenvalue weighted by Crippen LogP contribution is 2.28. The highest BCUT2D eigenvalue weighted by atomic mass is 35.5. The molecule has 1 aliphatic heterocycles. The van der Waals surface area contributed by atoms with Crippen molar-refractivity contribution in [1.82, 2.24) is 0 Å². The molecular weight excluding hydrogens is 338 g/mol. The van der Waals surface area contributed by atoms with Gasteiger partial charge in [-0.05, 0) is 35.7 Å². The van der Waals surface area contributed by atoms with Crippen LogP contribution in [0.3, 0.4) is 0 Å². The van der Waals surface area contributed by atoms with Gasteiger partial charge in [-0.1, -0.05) is 30.3 Å². The number of benzene rings is 2. The van der Waals surface area contributed by atoms with Gasteiger partial charge in [-0.2, -0.15) is 0 Å². The molecule has 5 nitrogen and oxygen atoms in total. The average Bonchev–Trinajstić information content (AvgIpc) is 3.01. The molecule has 0 unspecified atom stereocenters. The Morgan fingerprint density at radius 2 is 1.80 bits per heavy atom. The van der Waals surface area contributed by atoms with E-state index in [0.717, 1.165) is 29.9 Å². The zero-order valence-electron chi connectivity index (χ0n) is 13.9. The molecule has 3 N–H and O–H groups in total. The van der Waals surface area contributed by atoms with Crippen LogP contribution in [0.25, 0.3) is 0 Å². The Morgan fingerprint density at radius 1 is 1.08 bits per heavy atom. The molecule has 1 aliphatic rings. The second-order valence-corrected chi connectivity index (χ2v) is 5.88. The van der Waals surface area contributed by atoms with E-state index >= 15 is 0 Å². The van der Waals surface area contributed by atoms with Gasteiger partial charge in [0.15, 0.2) is 0 Å². The average molecular weight is 360 g/mol. The molecule has 0 saturated carbocycles. The summed E-state index contributed by atoms with van der Waals surface area (Å²) >= 11 is 0. The number of hydrogen-bond acceptors (Lipinski definition) is 3. The van der Waals surface area contributed by atoms with Gasteiger partial charge in [0, 0.05) is 30.9 Å². The van der Waals surface area contributed by atoms with Gasteiger partial charge in [-0.15, -0.1) is 12.4 Å². The van der Waals surface area contributed by atoms with E-state index in [4.69, 9.17) is 5.73 Å². The third kappa shape index (κ3) is 4.59. The normalized spacial score (nSPS) is 12.3. The molecule has 1 heterocycles. The summed E-state index contributed by atoms with van der Waals surface area (Å²) in [6.45, 7) is 1.07. The monoisotopic (exact) mass is 359 g/mol. The molecule has 0 spiro atoms. The predicted molar refractivity (Wildman–Crippen MR) is 102 cm³/mol. The fourth-order valence-corrected chi connectivity index (χ4v) is 2.93. The summed E-state index contributed by atoms with van der Waals surface area (Å²) in [6.07, 6.45) is 1.56. The molecule has 2 aromatic carbocycles. The molecule has 0 fully saturated rings. The van der Waals surface area contributed by atoms with Crippen molar-refractivity contribution in [3.63, 3.8) is 0 Å². The molecule has 0 bridgehead atoms. The van der Waals surface area contributed by atoms with Crippen molar-refractivity contribution in [2.24, 2.45) is 5.73 Å². The summed E-state index contributed by atoms with van der Waals surface area (Å²) in [4.78, 5) is 25.9. The summed E-state index contributed by atoms with van der Waals surface area (Å²) in [5.41, 5.74) is 9.25. The number of nitrogens with one attached hydrogen (secondary N) is 1. The van der Waals surface area contributed by atoms with E-state index in [2.05, 4.69) is 11.4 Å². The molecule has 0 aliphatic carbocycles. The molecule has 3 rings (SSSR count). The van der Waals surface area contributed by atoms with Gasteiger partial charge in [-0.3, -0.25) is 9.59 Å². The summed E-state index contributed by atoms with van der Waals surface area (Å²) in [5, 5.41) is 2.78. The number of carbonyl (C=O) groups excluding carboxylic acids is 2. The van der Waals surface area contributed by atoms with Gasteiger partial charge in [0.25, 0.3) is 0 Å². The van der Waals surface area contributed by atoms with Crippen LogP contribution in [0.1, 0.15) is 17.5 Å². The Morgan fingerprint density at radius 3 is 2.52 bits per heavy atom. The Hall–Kier alpha value is -2.37. The van der Waals surface area contributed by atoms with Gasteiger partial charge >= 0.3 is 0 Å². The first kappa shape index (κ1) is 19.0. The summed E-state index contributed by atoms with van der Waals surface area (Å²) in [6, 6.07) is 15.4. The minimum Gasteiger partial charge on any atom is -0.330 e. The van der Waals surface area contributed by atoms with Crippen molar-refractivity contribution >= 4 is 35.6 Å². The van der Waals surface area contributed by atoms with E-state index in [9.17, 15) is 9.59 Å². The zero-order valence-corrected chi connectivity index (χ0v) is 14.7. The molecule has 0 radical (unpaired) electrons. The van der Waals surface area contributed by atoms with Crippen molar-refractivity contribution in [3.05, 3.63) is 59.7 Å². The largest absolute Gasteiger partial charge is 0.330 e. The Bertz CT molecular complexity index is 747. The van der Waals surface area contributed by atoms with E-state index in [1.807, 2.05) is 47.4 Å². The second-order valence-electron chi connectivity index (χ2n) is 5.88. The summed E-state index contributed by atoms with van der Waals surface area (Å²) in [5.74, 6) is -0.00475. The minimum absolute atomic E-state index is 0. The number of rotatable bonds is 5. The SMILES string of the molecule is Cl.NCCC(=O)Nc1ccc(CC(=O)N2CCc3ccccc32)cc1. The van der Waals surface area contributed by atoms with Gasteiger partial charge < -0.3 is 16.0 Å². The van der Waals surface area contributed by atoms with Gasteiger partial charge in [0.2, 0.25) is 11.8 Å². The lowest BCUT2D eigenvalue weighted by atomic mass is 10.1. The van der Waals surface area contributed by atoms with Crippen LogP contribution in [0, 0.1) is 0 Å². The number of nitrogens with two attached hydrogens (primary N) is 1. The Balaban J connectivity index is 0.00000225. The quantitative estimate of drug-likeness (QED) is 0.861. The first-order chi connectivity index (χ1) is 11.7.